The van der Waals surface area contributed by atoms with Crippen molar-refractivity contribution in [2.24, 2.45) is 0 Å². The number of rotatable bonds is 2. The van der Waals surface area contributed by atoms with Crippen LogP contribution >= 0.6 is 0 Å². The summed E-state index contributed by atoms with van der Waals surface area (Å²) in [6.07, 6.45) is 0. The Hall–Kier alpha value is -1.66. The van der Waals surface area contributed by atoms with Crippen LogP contribution in [0, 0.1) is 10.1 Å². The summed E-state index contributed by atoms with van der Waals surface area (Å²) in [5, 5.41) is 13.2. The van der Waals surface area contributed by atoms with Crippen molar-refractivity contribution in [3.63, 3.8) is 0 Å². The highest BCUT2D eigenvalue weighted by atomic mass is 16.6. The van der Waals surface area contributed by atoms with Crippen LogP contribution in [0.3, 0.4) is 0 Å². The predicted octanol–water partition coefficient (Wildman–Crippen LogP) is 1.35. The van der Waals surface area contributed by atoms with Crippen LogP contribution < -0.4 is 16.2 Å². The zero-order valence-electron chi connectivity index (χ0n) is 8.60. The number of nitro benzene ring substituents is 1. The van der Waals surface area contributed by atoms with Crippen LogP contribution in [0.4, 0.5) is 5.69 Å². The van der Waals surface area contributed by atoms with Crippen LogP contribution in [0.1, 0.15) is 0 Å². The van der Waals surface area contributed by atoms with Crippen LogP contribution in [0.5, 0.6) is 5.75 Å². The fourth-order valence-electron chi connectivity index (χ4n) is 0.724. The van der Waals surface area contributed by atoms with Crippen molar-refractivity contribution in [3.05, 3.63) is 34.4 Å². The van der Waals surface area contributed by atoms with Crippen molar-refractivity contribution in [2.45, 2.75) is 0 Å². The van der Waals surface area contributed by atoms with Crippen LogP contribution in [0.2, 0.25) is 0 Å². The highest BCUT2D eigenvalue weighted by Crippen LogP contribution is 2.17. The van der Waals surface area contributed by atoms with E-state index in [1.165, 1.54) is 32.3 Å². The SMILES string of the molecule is C1CN1.COc1cccc([N+](=O)[O-])c1.N. The molecule has 0 aromatic heterocycles. The van der Waals surface area contributed by atoms with Gasteiger partial charge in [-0.25, -0.2) is 0 Å². The van der Waals surface area contributed by atoms with Crippen molar-refractivity contribution >= 4 is 5.69 Å². The number of hydrogen-bond donors (Lipinski definition) is 2. The summed E-state index contributed by atoms with van der Waals surface area (Å²) in [4.78, 5) is 9.76. The largest absolute Gasteiger partial charge is 0.497 e. The van der Waals surface area contributed by atoms with Gasteiger partial charge in [-0.1, -0.05) is 6.07 Å². The smallest absolute Gasteiger partial charge is 0.273 e. The summed E-state index contributed by atoms with van der Waals surface area (Å²) in [7, 11) is 1.47. The molecular formula is C9H15N3O3. The Bertz CT molecular complexity index is 312. The number of benzene rings is 1. The number of non-ortho nitro benzene ring substituents is 1. The molecule has 6 nitrogen and oxygen atoms in total. The first-order chi connectivity index (χ1) is 6.74. The Balaban J connectivity index is 0.000000420. The molecule has 1 fully saturated rings. The molecular weight excluding hydrogens is 198 g/mol. The second-order valence-electron chi connectivity index (χ2n) is 2.71. The number of methoxy groups -OCH3 is 1. The van der Waals surface area contributed by atoms with Crippen molar-refractivity contribution in [1.29, 1.82) is 0 Å². The minimum absolute atomic E-state index is 0. The van der Waals surface area contributed by atoms with Gasteiger partial charge in [-0.2, -0.15) is 0 Å². The zero-order valence-corrected chi connectivity index (χ0v) is 8.60. The van der Waals surface area contributed by atoms with Gasteiger partial charge in [0.15, 0.2) is 0 Å². The number of nitro groups is 1. The molecule has 0 aliphatic carbocycles. The molecule has 0 spiro atoms. The second-order valence-corrected chi connectivity index (χ2v) is 2.71. The van der Waals surface area contributed by atoms with E-state index in [0.717, 1.165) is 0 Å². The van der Waals surface area contributed by atoms with Crippen molar-refractivity contribution < 1.29 is 9.66 Å². The van der Waals surface area contributed by atoms with E-state index in [-0.39, 0.29) is 11.8 Å². The topological polar surface area (TPSA) is 109 Å². The Morgan fingerprint density at radius 1 is 1.47 bits per heavy atom. The van der Waals surface area contributed by atoms with Gasteiger partial charge in [0.05, 0.1) is 18.1 Å². The molecule has 1 heterocycles. The molecule has 1 saturated heterocycles. The minimum atomic E-state index is -0.456. The van der Waals surface area contributed by atoms with E-state index >= 15 is 0 Å². The van der Waals surface area contributed by atoms with Gasteiger partial charge in [-0.3, -0.25) is 10.1 Å². The minimum Gasteiger partial charge on any atom is -0.497 e. The molecule has 15 heavy (non-hydrogen) atoms. The van der Waals surface area contributed by atoms with E-state index in [9.17, 15) is 10.1 Å². The number of ether oxygens (including phenoxy) is 1. The molecule has 1 aromatic carbocycles. The molecule has 0 bridgehead atoms. The summed E-state index contributed by atoms with van der Waals surface area (Å²) in [6.45, 7) is 2.50. The fraction of sp³-hybridized carbons (Fsp3) is 0.333. The number of hydrogen-bond acceptors (Lipinski definition) is 5. The summed E-state index contributed by atoms with van der Waals surface area (Å²) in [5.41, 5.74) is 0.0457. The average Bonchev–Trinajstić information content (AvgIpc) is 3.05. The van der Waals surface area contributed by atoms with Crippen molar-refractivity contribution in [1.82, 2.24) is 11.5 Å². The normalized spacial score (nSPS) is 11.5. The number of nitrogens with zero attached hydrogens (tertiary/aromatic N) is 1. The third kappa shape index (κ3) is 5.61. The van der Waals surface area contributed by atoms with Crippen molar-refractivity contribution in [3.8, 4) is 5.75 Å². The van der Waals surface area contributed by atoms with Gasteiger partial charge >= 0.3 is 0 Å². The van der Waals surface area contributed by atoms with Crippen LogP contribution in [0.15, 0.2) is 24.3 Å². The summed E-state index contributed by atoms with van der Waals surface area (Å²) >= 11 is 0. The van der Waals surface area contributed by atoms with Gasteiger partial charge in [0.2, 0.25) is 0 Å². The van der Waals surface area contributed by atoms with Crippen LogP contribution in [0.25, 0.3) is 0 Å². The molecule has 0 saturated carbocycles. The average molecular weight is 213 g/mol. The monoisotopic (exact) mass is 213 g/mol. The molecule has 0 unspecified atom stereocenters. The Kier molecular flexibility index (Phi) is 6.00. The first-order valence-electron chi connectivity index (χ1n) is 4.23. The van der Waals surface area contributed by atoms with E-state index in [1.54, 1.807) is 12.1 Å². The van der Waals surface area contributed by atoms with Gasteiger partial charge in [0.25, 0.3) is 5.69 Å². The number of nitrogens with one attached hydrogen (secondary N) is 1. The maximum Gasteiger partial charge on any atom is 0.273 e. The maximum absolute atomic E-state index is 10.2. The molecule has 6 heteroatoms. The molecule has 1 aliphatic rings. The first-order valence-corrected chi connectivity index (χ1v) is 4.23. The molecule has 84 valence electrons. The lowest BCUT2D eigenvalue weighted by atomic mass is 10.3. The maximum atomic E-state index is 10.2. The standard InChI is InChI=1S/C7H7NO3.C2H5N.H3N/c1-11-7-4-2-3-6(5-7)8(9)10;1-2-3-1;/h2-5H,1H3;3H,1-2H2;1H3. The molecule has 0 atom stereocenters. The second kappa shape index (κ2) is 6.74. The van der Waals surface area contributed by atoms with E-state index in [0.29, 0.717) is 5.75 Å². The Morgan fingerprint density at radius 3 is 2.47 bits per heavy atom. The quantitative estimate of drug-likeness (QED) is 0.438. The lowest BCUT2D eigenvalue weighted by molar-refractivity contribution is -0.384. The molecule has 1 aromatic rings. The van der Waals surface area contributed by atoms with Crippen LogP contribution in [-0.4, -0.2) is 25.1 Å². The first kappa shape index (κ1) is 13.3. The van der Waals surface area contributed by atoms with Gasteiger partial charge in [0.1, 0.15) is 5.75 Å². The highest BCUT2D eigenvalue weighted by Gasteiger charge is 2.04. The molecule has 2 rings (SSSR count). The van der Waals surface area contributed by atoms with E-state index in [4.69, 9.17) is 4.74 Å². The molecule has 0 amide bonds. The van der Waals surface area contributed by atoms with Gasteiger partial charge < -0.3 is 16.2 Å². The third-order valence-corrected chi connectivity index (χ3v) is 1.51. The van der Waals surface area contributed by atoms with Crippen molar-refractivity contribution in [2.75, 3.05) is 20.2 Å². The Morgan fingerprint density at radius 2 is 2.07 bits per heavy atom. The summed E-state index contributed by atoms with van der Waals surface area (Å²) in [6, 6.07) is 6.03. The van der Waals surface area contributed by atoms with E-state index in [1.807, 2.05) is 0 Å². The lowest BCUT2D eigenvalue weighted by Crippen LogP contribution is -1.88. The van der Waals surface area contributed by atoms with Gasteiger partial charge in [-0.15, -0.1) is 0 Å². The summed E-state index contributed by atoms with van der Waals surface area (Å²) < 4.78 is 4.80. The van der Waals surface area contributed by atoms with E-state index in [2.05, 4.69) is 5.32 Å². The third-order valence-electron chi connectivity index (χ3n) is 1.51. The molecule has 4 N–H and O–H groups in total. The predicted molar refractivity (Wildman–Crippen MR) is 57.5 cm³/mol. The molecule has 1 aliphatic heterocycles. The fourth-order valence-corrected chi connectivity index (χ4v) is 0.724. The Labute approximate surface area is 88.0 Å². The van der Waals surface area contributed by atoms with Crippen LogP contribution in [-0.2, 0) is 0 Å². The van der Waals surface area contributed by atoms with Gasteiger partial charge in [0, 0.05) is 19.2 Å². The van der Waals surface area contributed by atoms with Gasteiger partial charge in [-0.05, 0) is 6.07 Å². The lowest BCUT2D eigenvalue weighted by Gasteiger charge is -1.96. The zero-order chi connectivity index (χ0) is 10.4. The summed E-state index contributed by atoms with van der Waals surface area (Å²) in [5.74, 6) is 0.499. The highest BCUT2D eigenvalue weighted by molar-refractivity contribution is 5.37. The van der Waals surface area contributed by atoms with E-state index < -0.39 is 4.92 Å². The molecule has 0 radical (unpaired) electrons.